The lowest BCUT2D eigenvalue weighted by Crippen LogP contribution is -1.61. The summed E-state index contributed by atoms with van der Waals surface area (Å²) in [5.41, 5.74) is 0.872. The number of hydrogen-bond donors (Lipinski definition) is 0. The van der Waals surface area contributed by atoms with E-state index in [9.17, 15) is 0 Å². The van der Waals surface area contributed by atoms with Crippen molar-refractivity contribution in [3.8, 4) is 17.9 Å². The van der Waals surface area contributed by atoms with Gasteiger partial charge in [0.1, 0.15) is 10.9 Å². The Kier molecular flexibility index (Phi) is 2.10. The highest BCUT2D eigenvalue weighted by Crippen LogP contribution is 2.11. The van der Waals surface area contributed by atoms with Crippen LogP contribution in [0.2, 0.25) is 0 Å². The molecule has 47 valence electrons. The minimum atomic E-state index is 0.692. The van der Waals surface area contributed by atoms with Crippen LogP contribution in [0.15, 0.2) is 11.4 Å². The molecule has 10 heavy (non-hydrogen) atoms. The summed E-state index contributed by atoms with van der Waals surface area (Å²) in [5.74, 6) is 5.28. The van der Waals surface area contributed by atoms with E-state index in [1.807, 2.05) is 11.4 Å². The van der Waals surface area contributed by atoms with Crippen molar-refractivity contribution >= 4 is 11.3 Å². The van der Waals surface area contributed by atoms with Crippen LogP contribution in [0.5, 0.6) is 0 Å². The number of hydrogen-bond acceptors (Lipinski definition) is 2. The standard InChI is InChI=1S/C8H4NS/c1-2-3-7-4-8(5-9)10-6-7/h4,6H,1H2. The first kappa shape index (κ1) is 6.86. The smallest absolute Gasteiger partial charge is 0.110 e. The van der Waals surface area contributed by atoms with E-state index in [1.54, 1.807) is 6.07 Å². The third-order valence-corrected chi connectivity index (χ3v) is 1.78. The number of nitrogens with zero attached hydrogens (tertiary/aromatic N) is 1. The van der Waals surface area contributed by atoms with Gasteiger partial charge in [0.15, 0.2) is 0 Å². The minimum absolute atomic E-state index is 0.692. The second-order valence-electron chi connectivity index (χ2n) is 1.61. The van der Waals surface area contributed by atoms with Crippen LogP contribution >= 0.6 is 11.3 Å². The van der Waals surface area contributed by atoms with Gasteiger partial charge in [0.2, 0.25) is 0 Å². The topological polar surface area (TPSA) is 23.8 Å². The zero-order chi connectivity index (χ0) is 7.40. The molecule has 0 aromatic carbocycles. The number of nitriles is 1. The van der Waals surface area contributed by atoms with Gasteiger partial charge < -0.3 is 0 Å². The van der Waals surface area contributed by atoms with E-state index in [0.717, 1.165) is 5.56 Å². The van der Waals surface area contributed by atoms with Crippen molar-refractivity contribution in [2.24, 2.45) is 0 Å². The predicted octanol–water partition coefficient (Wildman–Crippen LogP) is 1.81. The summed E-state index contributed by atoms with van der Waals surface area (Å²) in [4.78, 5) is 0.692. The molecule has 0 spiro atoms. The Balaban J connectivity index is 2.98. The average Bonchev–Trinajstić information content (AvgIpc) is 2.37. The highest BCUT2D eigenvalue weighted by molar-refractivity contribution is 7.10. The lowest BCUT2D eigenvalue weighted by molar-refractivity contribution is 1.52. The molecule has 0 atom stereocenters. The summed E-state index contributed by atoms with van der Waals surface area (Å²) in [7, 11) is 0. The molecule has 0 aliphatic heterocycles. The van der Waals surface area contributed by atoms with Crippen molar-refractivity contribution in [1.82, 2.24) is 0 Å². The fraction of sp³-hybridized carbons (Fsp3) is 0. The van der Waals surface area contributed by atoms with Gasteiger partial charge in [-0.05, 0) is 6.07 Å². The molecule has 0 unspecified atom stereocenters. The average molecular weight is 146 g/mol. The predicted molar refractivity (Wildman–Crippen MR) is 41.3 cm³/mol. The van der Waals surface area contributed by atoms with E-state index in [2.05, 4.69) is 18.8 Å². The van der Waals surface area contributed by atoms with Crippen LogP contribution in [0.4, 0.5) is 0 Å². The molecule has 0 amide bonds. The van der Waals surface area contributed by atoms with Crippen LogP contribution in [-0.2, 0) is 0 Å². The molecule has 1 heterocycles. The van der Waals surface area contributed by atoms with E-state index >= 15 is 0 Å². The van der Waals surface area contributed by atoms with Crippen molar-refractivity contribution in [3.63, 3.8) is 0 Å². The van der Waals surface area contributed by atoms with Crippen molar-refractivity contribution in [2.45, 2.75) is 0 Å². The zero-order valence-corrected chi connectivity index (χ0v) is 6.03. The summed E-state index contributed by atoms with van der Waals surface area (Å²) in [6.45, 7) is 3.38. The normalized spacial score (nSPS) is 7.60. The first-order valence-corrected chi connectivity index (χ1v) is 3.51. The van der Waals surface area contributed by atoms with Crippen LogP contribution in [0.1, 0.15) is 10.4 Å². The minimum Gasteiger partial charge on any atom is -0.192 e. The molecule has 0 aliphatic rings. The Labute approximate surface area is 63.9 Å². The number of thiophene rings is 1. The van der Waals surface area contributed by atoms with E-state index < -0.39 is 0 Å². The highest BCUT2D eigenvalue weighted by Gasteiger charge is 1.92. The van der Waals surface area contributed by atoms with Crippen molar-refractivity contribution in [3.05, 3.63) is 28.8 Å². The molecule has 1 radical (unpaired) electrons. The zero-order valence-electron chi connectivity index (χ0n) is 5.22. The van der Waals surface area contributed by atoms with Gasteiger partial charge in [0.05, 0.1) is 0 Å². The molecular weight excluding hydrogens is 142 g/mol. The lowest BCUT2D eigenvalue weighted by Gasteiger charge is -1.70. The molecule has 1 nitrogen and oxygen atoms in total. The third kappa shape index (κ3) is 1.37. The van der Waals surface area contributed by atoms with Crippen LogP contribution in [0.25, 0.3) is 0 Å². The van der Waals surface area contributed by atoms with Gasteiger partial charge in [-0.1, -0.05) is 11.8 Å². The Morgan fingerprint density at radius 1 is 1.60 bits per heavy atom. The Hall–Kier alpha value is -1.25. The van der Waals surface area contributed by atoms with E-state index in [4.69, 9.17) is 5.26 Å². The first-order valence-electron chi connectivity index (χ1n) is 2.63. The summed E-state index contributed by atoms with van der Waals surface area (Å²) in [6.07, 6.45) is 0. The first-order chi connectivity index (χ1) is 4.86. The van der Waals surface area contributed by atoms with Gasteiger partial charge in [-0.3, -0.25) is 0 Å². The van der Waals surface area contributed by atoms with Crippen molar-refractivity contribution in [2.75, 3.05) is 0 Å². The van der Waals surface area contributed by atoms with Crippen LogP contribution in [0.3, 0.4) is 0 Å². The Morgan fingerprint density at radius 2 is 2.40 bits per heavy atom. The lowest BCUT2D eigenvalue weighted by atomic mass is 10.3. The molecule has 1 rings (SSSR count). The van der Waals surface area contributed by atoms with Gasteiger partial charge in [0.25, 0.3) is 0 Å². The maximum Gasteiger partial charge on any atom is 0.110 e. The van der Waals surface area contributed by atoms with Gasteiger partial charge in [-0.2, -0.15) is 5.26 Å². The largest absolute Gasteiger partial charge is 0.192 e. The summed E-state index contributed by atoms with van der Waals surface area (Å²) in [6, 6.07) is 3.79. The van der Waals surface area contributed by atoms with Crippen molar-refractivity contribution < 1.29 is 0 Å². The molecule has 0 fully saturated rings. The molecule has 1 aromatic heterocycles. The number of rotatable bonds is 0. The molecule has 2 heteroatoms. The van der Waals surface area contributed by atoms with Crippen LogP contribution in [0, 0.1) is 30.1 Å². The monoisotopic (exact) mass is 146 g/mol. The molecule has 0 saturated carbocycles. The fourth-order valence-electron chi connectivity index (χ4n) is 0.562. The summed E-state index contributed by atoms with van der Waals surface area (Å²) in [5, 5.41) is 10.3. The van der Waals surface area contributed by atoms with E-state index in [0.29, 0.717) is 4.88 Å². The molecule has 1 aromatic rings. The molecular formula is C8H4NS. The third-order valence-electron chi connectivity index (χ3n) is 0.942. The van der Waals surface area contributed by atoms with E-state index in [-0.39, 0.29) is 0 Å². The van der Waals surface area contributed by atoms with Gasteiger partial charge in [0, 0.05) is 17.9 Å². The second-order valence-corrected chi connectivity index (χ2v) is 2.52. The van der Waals surface area contributed by atoms with Gasteiger partial charge >= 0.3 is 0 Å². The fourth-order valence-corrected chi connectivity index (χ4v) is 1.19. The summed E-state index contributed by atoms with van der Waals surface area (Å²) >= 11 is 1.40. The van der Waals surface area contributed by atoms with Crippen LogP contribution in [-0.4, -0.2) is 0 Å². The molecule has 0 aliphatic carbocycles. The van der Waals surface area contributed by atoms with E-state index in [1.165, 1.54) is 11.3 Å². The molecule has 0 saturated heterocycles. The maximum absolute atomic E-state index is 8.42. The maximum atomic E-state index is 8.42. The quantitative estimate of drug-likeness (QED) is 0.512. The van der Waals surface area contributed by atoms with Crippen LogP contribution < -0.4 is 0 Å². The Bertz CT molecular complexity index is 319. The van der Waals surface area contributed by atoms with Gasteiger partial charge in [-0.25, -0.2) is 0 Å². The SMILES string of the molecule is [CH2]C#Cc1csc(C#N)c1. The summed E-state index contributed by atoms with van der Waals surface area (Å²) < 4.78 is 0. The Morgan fingerprint density at radius 3 is 2.90 bits per heavy atom. The molecule has 0 bridgehead atoms. The molecule has 0 N–H and O–H groups in total. The second kappa shape index (κ2) is 3.06. The van der Waals surface area contributed by atoms with Gasteiger partial charge in [-0.15, -0.1) is 11.3 Å². The highest BCUT2D eigenvalue weighted by atomic mass is 32.1. The van der Waals surface area contributed by atoms with Crippen molar-refractivity contribution in [1.29, 1.82) is 5.26 Å².